The van der Waals surface area contributed by atoms with Crippen molar-refractivity contribution in [3.63, 3.8) is 0 Å². The van der Waals surface area contributed by atoms with E-state index < -0.39 is 0 Å². The highest BCUT2D eigenvalue weighted by atomic mass is 16.6. The Morgan fingerprint density at radius 1 is 0.567 bits per heavy atom. The van der Waals surface area contributed by atoms with E-state index in [2.05, 4.69) is 6.92 Å². The lowest BCUT2D eigenvalue weighted by molar-refractivity contribution is -0.145. The first-order chi connectivity index (χ1) is 14.7. The minimum atomic E-state index is -0.0747. The van der Waals surface area contributed by atoms with E-state index in [1.54, 1.807) is 0 Å². The molecule has 0 saturated carbocycles. The molecule has 0 atom stereocenters. The van der Waals surface area contributed by atoms with Gasteiger partial charge in [-0.3, -0.25) is 4.79 Å². The molecule has 0 saturated heterocycles. The van der Waals surface area contributed by atoms with E-state index in [0.717, 1.165) is 12.8 Å². The van der Waals surface area contributed by atoms with Crippen molar-refractivity contribution in [1.82, 2.24) is 0 Å². The fourth-order valence-electron chi connectivity index (χ4n) is 3.86. The highest BCUT2D eigenvalue weighted by molar-refractivity contribution is 5.69. The number of unbranched alkanes of at least 4 members (excludes halogenated alkanes) is 18. The van der Waals surface area contributed by atoms with Gasteiger partial charge < -0.3 is 9.47 Å². The molecule has 0 N–H and O–H groups in total. The average molecular weight is 427 g/mol. The predicted molar refractivity (Wildman–Crippen MR) is 130 cm³/mol. The van der Waals surface area contributed by atoms with Crippen LogP contribution in [0.25, 0.3) is 0 Å². The molecule has 0 aliphatic rings. The fourth-order valence-corrected chi connectivity index (χ4v) is 3.86. The molecule has 0 fully saturated rings. The summed E-state index contributed by atoms with van der Waals surface area (Å²) in [5, 5.41) is 0. The molecule has 0 amide bonds. The third kappa shape index (κ3) is 25.5. The summed E-state index contributed by atoms with van der Waals surface area (Å²) in [7, 11) is 0. The molecule has 3 heteroatoms. The topological polar surface area (TPSA) is 35.5 Å². The van der Waals surface area contributed by atoms with Crippen LogP contribution >= 0.6 is 0 Å². The summed E-state index contributed by atoms with van der Waals surface area (Å²) in [4.78, 5) is 11.6. The Balaban J connectivity index is 3.10. The molecule has 0 unspecified atom stereocenters. The smallest absolute Gasteiger partial charge is 0.305 e. The van der Waals surface area contributed by atoms with E-state index in [4.69, 9.17) is 9.47 Å². The number of carbonyl (C=O) groups excluding carboxylic acids is 1. The largest absolute Gasteiger partial charge is 0.463 e. The molecule has 30 heavy (non-hydrogen) atoms. The van der Waals surface area contributed by atoms with Crippen molar-refractivity contribution in [3.8, 4) is 0 Å². The summed E-state index contributed by atoms with van der Waals surface area (Å²) < 4.78 is 10.5. The normalized spacial score (nSPS) is 11.3. The molecular formula is C27H54O3. The third-order valence-electron chi connectivity index (χ3n) is 5.78. The number of carbonyl (C=O) groups is 1. The molecule has 3 nitrogen and oxygen atoms in total. The Kier molecular flexibility index (Phi) is 24.2. The summed E-state index contributed by atoms with van der Waals surface area (Å²) in [6.45, 7) is 7.15. The van der Waals surface area contributed by atoms with Crippen molar-refractivity contribution in [1.29, 1.82) is 0 Å². The Morgan fingerprint density at radius 3 is 1.30 bits per heavy atom. The van der Waals surface area contributed by atoms with Crippen LogP contribution in [0, 0.1) is 0 Å². The summed E-state index contributed by atoms with van der Waals surface area (Å²) in [6.07, 6.45) is 26.8. The highest BCUT2D eigenvalue weighted by Gasteiger charge is 2.03. The van der Waals surface area contributed by atoms with Crippen molar-refractivity contribution in [2.24, 2.45) is 0 Å². The van der Waals surface area contributed by atoms with E-state index in [9.17, 15) is 4.79 Å². The molecule has 0 heterocycles. The number of hydrogen-bond donors (Lipinski definition) is 0. The lowest BCUT2D eigenvalue weighted by atomic mass is 10.0. The maximum absolute atomic E-state index is 11.6. The standard InChI is InChI=1S/C27H54O3/c1-4-5-6-7-8-9-10-11-12-13-14-15-16-17-18-19-20-21-22-23-27(28)30-25-24-29-26(2)3/h26H,4-25H2,1-3H3. The van der Waals surface area contributed by atoms with Crippen molar-refractivity contribution in [3.05, 3.63) is 0 Å². The van der Waals surface area contributed by atoms with Crippen LogP contribution in [-0.4, -0.2) is 25.3 Å². The van der Waals surface area contributed by atoms with Crippen LogP contribution in [0.3, 0.4) is 0 Å². The Hall–Kier alpha value is -0.570. The van der Waals surface area contributed by atoms with Gasteiger partial charge in [-0.1, -0.05) is 122 Å². The first-order valence-corrected chi connectivity index (χ1v) is 13.4. The van der Waals surface area contributed by atoms with Gasteiger partial charge in [-0.15, -0.1) is 0 Å². The SMILES string of the molecule is CCCCCCCCCCCCCCCCCCCCCC(=O)OCCOC(C)C. The van der Waals surface area contributed by atoms with E-state index >= 15 is 0 Å². The van der Waals surface area contributed by atoms with Gasteiger partial charge in [-0.05, 0) is 20.3 Å². The Morgan fingerprint density at radius 2 is 0.933 bits per heavy atom. The van der Waals surface area contributed by atoms with Crippen LogP contribution in [0.5, 0.6) is 0 Å². The second-order valence-corrected chi connectivity index (χ2v) is 9.25. The van der Waals surface area contributed by atoms with Gasteiger partial charge >= 0.3 is 5.97 Å². The molecule has 180 valence electrons. The highest BCUT2D eigenvalue weighted by Crippen LogP contribution is 2.14. The zero-order valence-electron chi connectivity index (χ0n) is 20.9. The van der Waals surface area contributed by atoms with E-state index in [0.29, 0.717) is 19.6 Å². The van der Waals surface area contributed by atoms with Crippen LogP contribution < -0.4 is 0 Å². The molecule has 0 bridgehead atoms. The van der Waals surface area contributed by atoms with Crippen LogP contribution in [0.15, 0.2) is 0 Å². The van der Waals surface area contributed by atoms with Crippen molar-refractivity contribution >= 4 is 5.97 Å². The van der Waals surface area contributed by atoms with Gasteiger partial charge in [0.15, 0.2) is 0 Å². The van der Waals surface area contributed by atoms with Crippen LogP contribution in [0.1, 0.15) is 149 Å². The monoisotopic (exact) mass is 426 g/mol. The van der Waals surface area contributed by atoms with Gasteiger partial charge in [0.2, 0.25) is 0 Å². The molecule has 0 spiro atoms. The maximum Gasteiger partial charge on any atom is 0.305 e. The van der Waals surface area contributed by atoms with Crippen LogP contribution in [0.2, 0.25) is 0 Å². The molecule has 0 aromatic rings. The minimum absolute atomic E-state index is 0.0747. The first-order valence-electron chi connectivity index (χ1n) is 13.4. The summed E-state index contributed by atoms with van der Waals surface area (Å²) in [6, 6.07) is 0. The van der Waals surface area contributed by atoms with Gasteiger partial charge in [0.25, 0.3) is 0 Å². The van der Waals surface area contributed by atoms with Gasteiger partial charge in [0, 0.05) is 6.42 Å². The van der Waals surface area contributed by atoms with Gasteiger partial charge in [-0.2, -0.15) is 0 Å². The molecule has 0 aromatic carbocycles. The molecule has 0 aromatic heterocycles. The minimum Gasteiger partial charge on any atom is -0.463 e. The zero-order chi connectivity index (χ0) is 22.1. The molecule has 0 rings (SSSR count). The molecular weight excluding hydrogens is 372 g/mol. The number of esters is 1. The average Bonchev–Trinajstić information content (AvgIpc) is 2.72. The third-order valence-corrected chi connectivity index (χ3v) is 5.78. The number of rotatable bonds is 24. The summed E-state index contributed by atoms with van der Waals surface area (Å²) in [5.74, 6) is -0.0747. The first kappa shape index (κ1) is 29.4. The zero-order valence-corrected chi connectivity index (χ0v) is 20.9. The predicted octanol–water partition coefficient (Wildman–Crippen LogP) is 8.78. The Labute approximate surface area is 189 Å². The molecule has 0 radical (unpaired) electrons. The van der Waals surface area contributed by atoms with Gasteiger partial charge in [-0.25, -0.2) is 0 Å². The lowest BCUT2D eigenvalue weighted by Crippen LogP contribution is -2.13. The van der Waals surface area contributed by atoms with Gasteiger partial charge in [0.05, 0.1) is 12.7 Å². The van der Waals surface area contributed by atoms with Crippen LogP contribution in [0.4, 0.5) is 0 Å². The number of ether oxygens (including phenoxy) is 2. The quantitative estimate of drug-likeness (QED) is 0.114. The van der Waals surface area contributed by atoms with Crippen LogP contribution in [-0.2, 0) is 14.3 Å². The summed E-state index contributed by atoms with van der Waals surface area (Å²) >= 11 is 0. The lowest BCUT2D eigenvalue weighted by Gasteiger charge is -2.08. The molecule has 0 aliphatic heterocycles. The van der Waals surface area contributed by atoms with Crippen molar-refractivity contribution in [2.75, 3.05) is 13.2 Å². The van der Waals surface area contributed by atoms with Crippen molar-refractivity contribution < 1.29 is 14.3 Å². The van der Waals surface area contributed by atoms with Gasteiger partial charge in [0.1, 0.15) is 6.61 Å². The van der Waals surface area contributed by atoms with E-state index in [1.165, 1.54) is 109 Å². The van der Waals surface area contributed by atoms with E-state index in [-0.39, 0.29) is 12.1 Å². The van der Waals surface area contributed by atoms with E-state index in [1.807, 2.05) is 13.8 Å². The maximum atomic E-state index is 11.6. The second kappa shape index (κ2) is 24.7. The Bertz CT molecular complexity index is 341. The second-order valence-electron chi connectivity index (χ2n) is 9.25. The summed E-state index contributed by atoms with van der Waals surface area (Å²) in [5.41, 5.74) is 0. The molecule has 0 aliphatic carbocycles. The number of hydrogen-bond acceptors (Lipinski definition) is 3. The van der Waals surface area contributed by atoms with Crippen molar-refractivity contribution in [2.45, 2.75) is 155 Å². The fraction of sp³-hybridized carbons (Fsp3) is 0.963.